The number of benzene rings is 3. The molecule has 0 fully saturated rings. The van der Waals surface area contributed by atoms with Crippen molar-refractivity contribution in [2.24, 2.45) is 0 Å². The maximum absolute atomic E-state index is 12.5. The van der Waals surface area contributed by atoms with E-state index in [-0.39, 0.29) is 23.6 Å². The molecule has 0 saturated carbocycles. The number of nitrogens with one attached hydrogen (secondary N) is 1. The predicted octanol–water partition coefficient (Wildman–Crippen LogP) is 4.31. The van der Waals surface area contributed by atoms with E-state index >= 15 is 0 Å². The predicted molar refractivity (Wildman–Crippen MR) is 110 cm³/mol. The van der Waals surface area contributed by atoms with Crippen LogP contribution in [0.4, 0.5) is 11.4 Å². The monoisotopic (exact) mass is 403 g/mol. The normalized spacial score (nSPS) is 10.0. The quantitative estimate of drug-likeness (QED) is 0.464. The van der Waals surface area contributed by atoms with Gasteiger partial charge in [0, 0.05) is 23.4 Å². The van der Waals surface area contributed by atoms with Gasteiger partial charge in [-0.2, -0.15) is 5.26 Å². The lowest BCUT2D eigenvalue weighted by Gasteiger charge is -2.10. The number of hydrogen-bond acceptors (Lipinski definition) is 6. The molecule has 0 bridgehead atoms. The fourth-order valence-corrected chi connectivity index (χ4v) is 2.74. The molecule has 3 aromatic carbocycles. The summed E-state index contributed by atoms with van der Waals surface area (Å²) < 4.78 is 10.7. The van der Waals surface area contributed by atoms with E-state index in [1.807, 2.05) is 6.07 Å². The number of nitriles is 1. The summed E-state index contributed by atoms with van der Waals surface area (Å²) in [7, 11) is 1.32. The van der Waals surface area contributed by atoms with Crippen molar-refractivity contribution < 1.29 is 19.2 Å². The first-order valence-corrected chi connectivity index (χ1v) is 8.86. The standard InChI is InChI=1S/C22H17N3O5/c1-29-21-9-8-17(11-20(21)25(27)28)22(26)24-18-6-3-7-19(12-18)30-14-16-5-2-4-15(10-16)13-23/h2-12H,14H2,1H3,(H,24,26). The van der Waals surface area contributed by atoms with Gasteiger partial charge >= 0.3 is 5.69 Å². The van der Waals surface area contributed by atoms with E-state index in [0.717, 1.165) is 11.6 Å². The van der Waals surface area contributed by atoms with Crippen molar-refractivity contribution in [3.05, 3.63) is 93.5 Å². The molecule has 0 aliphatic heterocycles. The van der Waals surface area contributed by atoms with Gasteiger partial charge in [-0.3, -0.25) is 14.9 Å². The average molecular weight is 403 g/mol. The Morgan fingerprint density at radius 3 is 2.67 bits per heavy atom. The summed E-state index contributed by atoms with van der Waals surface area (Å²) >= 11 is 0. The smallest absolute Gasteiger partial charge is 0.311 e. The third-order valence-electron chi connectivity index (χ3n) is 4.19. The topological polar surface area (TPSA) is 114 Å². The SMILES string of the molecule is COc1ccc(C(=O)Nc2cccc(OCc3cccc(C#N)c3)c2)cc1[N+](=O)[O-]. The van der Waals surface area contributed by atoms with Crippen LogP contribution in [0.5, 0.6) is 11.5 Å². The molecule has 30 heavy (non-hydrogen) atoms. The van der Waals surface area contributed by atoms with Gasteiger partial charge in [-0.25, -0.2) is 0 Å². The van der Waals surface area contributed by atoms with E-state index in [0.29, 0.717) is 17.0 Å². The van der Waals surface area contributed by atoms with E-state index in [1.165, 1.54) is 19.2 Å². The van der Waals surface area contributed by atoms with Crippen molar-refractivity contribution in [3.8, 4) is 17.6 Å². The van der Waals surface area contributed by atoms with Gasteiger partial charge in [0.15, 0.2) is 5.75 Å². The van der Waals surface area contributed by atoms with Crippen molar-refractivity contribution in [2.45, 2.75) is 6.61 Å². The van der Waals surface area contributed by atoms with Crippen LogP contribution in [0.25, 0.3) is 0 Å². The summed E-state index contributed by atoms with van der Waals surface area (Å²) in [6.45, 7) is 0.262. The van der Waals surface area contributed by atoms with E-state index in [2.05, 4.69) is 11.4 Å². The number of methoxy groups -OCH3 is 1. The number of nitro benzene ring substituents is 1. The molecule has 1 amide bonds. The van der Waals surface area contributed by atoms with Crippen LogP contribution in [0.2, 0.25) is 0 Å². The number of carbonyl (C=O) groups excluding carboxylic acids is 1. The molecular weight excluding hydrogens is 386 g/mol. The molecule has 8 heteroatoms. The number of nitro groups is 1. The zero-order chi connectivity index (χ0) is 21.5. The van der Waals surface area contributed by atoms with Crippen LogP contribution in [-0.2, 0) is 6.61 Å². The number of anilines is 1. The summed E-state index contributed by atoms with van der Waals surface area (Å²) in [5.74, 6) is 0.0999. The second-order valence-corrected chi connectivity index (χ2v) is 6.23. The van der Waals surface area contributed by atoms with Gasteiger partial charge in [0.25, 0.3) is 5.91 Å². The van der Waals surface area contributed by atoms with Crippen LogP contribution in [0.15, 0.2) is 66.7 Å². The zero-order valence-corrected chi connectivity index (χ0v) is 16.0. The third kappa shape index (κ3) is 4.91. The van der Waals surface area contributed by atoms with Crippen molar-refractivity contribution in [3.63, 3.8) is 0 Å². The van der Waals surface area contributed by atoms with Gasteiger partial charge in [-0.05, 0) is 42.0 Å². The average Bonchev–Trinajstić information content (AvgIpc) is 2.77. The number of carbonyl (C=O) groups is 1. The highest BCUT2D eigenvalue weighted by atomic mass is 16.6. The largest absolute Gasteiger partial charge is 0.490 e. The highest BCUT2D eigenvalue weighted by molar-refractivity contribution is 6.04. The van der Waals surface area contributed by atoms with Gasteiger partial charge in [0.05, 0.1) is 23.7 Å². The molecule has 0 spiro atoms. The lowest BCUT2D eigenvalue weighted by atomic mass is 10.1. The Balaban J connectivity index is 1.70. The minimum atomic E-state index is -0.606. The van der Waals surface area contributed by atoms with Crippen molar-refractivity contribution >= 4 is 17.3 Å². The Bertz CT molecular complexity index is 1140. The van der Waals surface area contributed by atoms with Crippen LogP contribution < -0.4 is 14.8 Å². The van der Waals surface area contributed by atoms with Crippen LogP contribution in [0, 0.1) is 21.4 Å². The molecule has 3 rings (SSSR count). The first-order valence-electron chi connectivity index (χ1n) is 8.86. The first kappa shape index (κ1) is 20.4. The molecule has 3 aromatic rings. The number of rotatable bonds is 7. The van der Waals surface area contributed by atoms with E-state index in [4.69, 9.17) is 14.7 Å². The number of amides is 1. The van der Waals surface area contributed by atoms with Crippen LogP contribution in [0.1, 0.15) is 21.5 Å². The number of nitrogens with zero attached hydrogens (tertiary/aromatic N) is 2. The highest BCUT2D eigenvalue weighted by Crippen LogP contribution is 2.28. The lowest BCUT2D eigenvalue weighted by molar-refractivity contribution is -0.385. The molecular formula is C22H17N3O5. The Morgan fingerprint density at radius 2 is 1.93 bits per heavy atom. The second-order valence-electron chi connectivity index (χ2n) is 6.23. The maximum Gasteiger partial charge on any atom is 0.311 e. The highest BCUT2D eigenvalue weighted by Gasteiger charge is 2.18. The Hall–Kier alpha value is -4.38. The summed E-state index contributed by atoms with van der Waals surface area (Å²) in [5, 5.41) is 22.8. The van der Waals surface area contributed by atoms with E-state index < -0.39 is 10.8 Å². The fraction of sp³-hybridized carbons (Fsp3) is 0.0909. The lowest BCUT2D eigenvalue weighted by Crippen LogP contribution is -2.12. The Labute approximate surface area is 172 Å². The summed E-state index contributed by atoms with van der Waals surface area (Å²) in [6, 6.07) is 19.9. The number of ether oxygens (including phenoxy) is 2. The van der Waals surface area contributed by atoms with Crippen molar-refractivity contribution in [1.82, 2.24) is 0 Å². The third-order valence-corrected chi connectivity index (χ3v) is 4.19. The molecule has 0 unspecified atom stereocenters. The van der Waals surface area contributed by atoms with Crippen molar-refractivity contribution in [2.75, 3.05) is 12.4 Å². The maximum atomic E-state index is 12.5. The second kappa shape index (κ2) is 9.21. The van der Waals surface area contributed by atoms with Gasteiger partial charge in [-0.15, -0.1) is 0 Å². The van der Waals surface area contributed by atoms with Crippen LogP contribution >= 0.6 is 0 Å². The van der Waals surface area contributed by atoms with Crippen LogP contribution in [0.3, 0.4) is 0 Å². The summed E-state index contributed by atoms with van der Waals surface area (Å²) in [4.78, 5) is 23.0. The van der Waals surface area contributed by atoms with Gasteiger partial charge < -0.3 is 14.8 Å². The molecule has 1 N–H and O–H groups in total. The van der Waals surface area contributed by atoms with Gasteiger partial charge in [-0.1, -0.05) is 18.2 Å². The molecule has 8 nitrogen and oxygen atoms in total. The zero-order valence-electron chi connectivity index (χ0n) is 16.0. The first-order chi connectivity index (χ1) is 14.5. The summed E-state index contributed by atoms with van der Waals surface area (Å²) in [6.07, 6.45) is 0. The fourth-order valence-electron chi connectivity index (χ4n) is 2.74. The molecule has 0 heterocycles. The van der Waals surface area contributed by atoms with E-state index in [9.17, 15) is 14.9 Å². The van der Waals surface area contributed by atoms with E-state index in [1.54, 1.807) is 42.5 Å². The molecule has 0 aromatic heterocycles. The Morgan fingerprint density at radius 1 is 1.13 bits per heavy atom. The van der Waals surface area contributed by atoms with Crippen LogP contribution in [-0.4, -0.2) is 17.9 Å². The van der Waals surface area contributed by atoms with Crippen molar-refractivity contribution in [1.29, 1.82) is 5.26 Å². The van der Waals surface area contributed by atoms with Gasteiger partial charge in [0.1, 0.15) is 12.4 Å². The molecule has 0 radical (unpaired) electrons. The molecule has 0 saturated heterocycles. The molecule has 0 atom stereocenters. The summed E-state index contributed by atoms with van der Waals surface area (Å²) in [5.41, 5.74) is 1.70. The minimum absolute atomic E-state index is 0.0763. The molecule has 0 aliphatic carbocycles. The molecule has 150 valence electrons. The molecule has 0 aliphatic rings. The van der Waals surface area contributed by atoms with Gasteiger partial charge in [0.2, 0.25) is 0 Å². The minimum Gasteiger partial charge on any atom is -0.490 e. The Kier molecular flexibility index (Phi) is 6.25. The number of hydrogen-bond donors (Lipinski definition) is 1.